The van der Waals surface area contributed by atoms with E-state index in [9.17, 15) is 4.79 Å². The Hall–Kier alpha value is -2.47. The van der Waals surface area contributed by atoms with Crippen LogP contribution in [-0.4, -0.2) is 53.6 Å². The number of fused-ring (bicyclic) bond motifs is 1. The van der Waals surface area contributed by atoms with E-state index < -0.39 is 0 Å². The van der Waals surface area contributed by atoms with Gasteiger partial charge >= 0.3 is 0 Å². The number of aryl methyl sites for hydroxylation is 1. The Kier molecular flexibility index (Phi) is 4.36. The molecule has 0 saturated carbocycles. The molecule has 1 fully saturated rings. The summed E-state index contributed by atoms with van der Waals surface area (Å²) < 4.78 is 5.40. The summed E-state index contributed by atoms with van der Waals surface area (Å²) >= 11 is 0. The molecule has 1 aromatic heterocycles. The van der Waals surface area contributed by atoms with Gasteiger partial charge in [-0.1, -0.05) is 24.3 Å². The Labute approximate surface area is 147 Å². The van der Waals surface area contributed by atoms with E-state index in [4.69, 9.17) is 4.74 Å². The monoisotopic (exact) mass is 338 g/mol. The lowest BCUT2D eigenvalue weighted by atomic mass is 10.00. The van der Waals surface area contributed by atoms with E-state index in [1.165, 1.54) is 11.1 Å². The number of ether oxygens (including phenoxy) is 1. The number of rotatable bonds is 2. The Balaban J connectivity index is 1.57. The SMILES string of the molecule is Cc1nc(C(=O)N2CCc3ccccc3C2)cc(N2CCOCC2)n1. The number of carbonyl (C=O) groups excluding carboxylic acids is 1. The minimum atomic E-state index is -0.0190. The van der Waals surface area contributed by atoms with E-state index >= 15 is 0 Å². The second kappa shape index (κ2) is 6.80. The minimum Gasteiger partial charge on any atom is -0.378 e. The summed E-state index contributed by atoms with van der Waals surface area (Å²) in [5.74, 6) is 1.43. The van der Waals surface area contributed by atoms with E-state index in [0.717, 1.165) is 31.9 Å². The van der Waals surface area contributed by atoms with Crippen LogP contribution < -0.4 is 4.90 Å². The number of hydrogen-bond donors (Lipinski definition) is 0. The second-order valence-corrected chi connectivity index (χ2v) is 6.50. The molecule has 0 N–H and O–H groups in total. The fraction of sp³-hybridized carbons (Fsp3) is 0.421. The number of carbonyl (C=O) groups is 1. The molecule has 2 aromatic rings. The van der Waals surface area contributed by atoms with Crippen LogP contribution in [0.25, 0.3) is 0 Å². The molecule has 2 aliphatic rings. The quantitative estimate of drug-likeness (QED) is 0.836. The topological polar surface area (TPSA) is 58.6 Å². The fourth-order valence-electron chi connectivity index (χ4n) is 3.45. The molecule has 6 nitrogen and oxygen atoms in total. The van der Waals surface area contributed by atoms with Crippen molar-refractivity contribution in [1.29, 1.82) is 0 Å². The molecule has 0 atom stereocenters. The van der Waals surface area contributed by atoms with E-state index in [2.05, 4.69) is 33.1 Å². The van der Waals surface area contributed by atoms with Crippen LogP contribution in [0.4, 0.5) is 5.82 Å². The second-order valence-electron chi connectivity index (χ2n) is 6.50. The summed E-state index contributed by atoms with van der Waals surface area (Å²) in [6.45, 7) is 6.18. The normalized spacial score (nSPS) is 17.3. The van der Waals surface area contributed by atoms with Gasteiger partial charge in [-0.25, -0.2) is 9.97 Å². The summed E-state index contributed by atoms with van der Waals surface area (Å²) in [5, 5.41) is 0. The Morgan fingerprint density at radius 1 is 1.08 bits per heavy atom. The molecule has 4 rings (SSSR count). The first-order valence-electron chi connectivity index (χ1n) is 8.75. The van der Waals surface area contributed by atoms with Gasteiger partial charge in [-0.3, -0.25) is 4.79 Å². The molecule has 130 valence electrons. The molecular formula is C19H22N4O2. The zero-order chi connectivity index (χ0) is 17.2. The molecule has 0 aliphatic carbocycles. The average molecular weight is 338 g/mol. The Morgan fingerprint density at radius 2 is 1.84 bits per heavy atom. The zero-order valence-electron chi connectivity index (χ0n) is 14.4. The van der Waals surface area contributed by atoms with Gasteiger partial charge in [0.2, 0.25) is 0 Å². The first-order chi connectivity index (χ1) is 12.2. The number of morpholine rings is 1. The van der Waals surface area contributed by atoms with Crippen molar-refractivity contribution in [3.63, 3.8) is 0 Å². The highest BCUT2D eigenvalue weighted by atomic mass is 16.5. The molecule has 0 radical (unpaired) electrons. The Morgan fingerprint density at radius 3 is 2.64 bits per heavy atom. The lowest BCUT2D eigenvalue weighted by Gasteiger charge is -2.30. The van der Waals surface area contributed by atoms with Crippen molar-refractivity contribution < 1.29 is 9.53 Å². The predicted molar refractivity (Wildman–Crippen MR) is 94.7 cm³/mol. The van der Waals surface area contributed by atoms with Gasteiger partial charge in [0.05, 0.1) is 13.2 Å². The van der Waals surface area contributed by atoms with Crippen LogP contribution in [0.3, 0.4) is 0 Å². The molecule has 1 saturated heterocycles. The summed E-state index contributed by atoms with van der Waals surface area (Å²) in [7, 11) is 0. The molecular weight excluding hydrogens is 316 g/mol. The summed E-state index contributed by atoms with van der Waals surface area (Å²) in [6, 6.07) is 10.1. The zero-order valence-corrected chi connectivity index (χ0v) is 14.4. The van der Waals surface area contributed by atoms with Crippen molar-refractivity contribution in [2.75, 3.05) is 37.7 Å². The molecule has 25 heavy (non-hydrogen) atoms. The van der Waals surface area contributed by atoms with E-state index in [1.54, 1.807) is 0 Å². The standard InChI is InChI=1S/C19H22N4O2/c1-14-20-17(12-18(21-14)22-8-10-25-11-9-22)19(24)23-7-6-15-4-2-3-5-16(15)13-23/h2-5,12H,6-11,13H2,1H3. The van der Waals surface area contributed by atoms with Crippen molar-refractivity contribution in [1.82, 2.24) is 14.9 Å². The van der Waals surface area contributed by atoms with Crippen LogP contribution >= 0.6 is 0 Å². The number of benzene rings is 1. The van der Waals surface area contributed by atoms with E-state index in [-0.39, 0.29) is 5.91 Å². The summed E-state index contributed by atoms with van der Waals surface area (Å²) in [6.07, 6.45) is 0.891. The smallest absolute Gasteiger partial charge is 0.272 e. The van der Waals surface area contributed by atoms with E-state index in [0.29, 0.717) is 31.3 Å². The van der Waals surface area contributed by atoms with Gasteiger partial charge in [0.15, 0.2) is 0 Å². The van der Waals surface area contributed by atoms with Gasteiger partial charge in [-0.05, 0) is 24.5 Å². The first kappa shape index (κ1) is 16.0. The third kappa shape index (κ3) is 3.35. The van der Waals surface area contributed by atoms with Crippen LogP contribution in [0.5, 0.6) is 0 Å². The highest BCUT2D eigenvalue weighted by Gasteiger charge is 2.24. The molecule has 2 aliphatic heterocycles. The highest BCUT2D eigenvalue weighted by molar-refractivity contribution is 5.93. The van der Waals surface area contributed by atoms with Crippen LogP contribution in [0, 0.1) is 6.92 Å². The molecule has 0 bridgehead atoms. The van der Waals surface area contributed by atoms with Crippen LogP contribution in [0.15, 0.2) is 30.3 Å². The lowest BCUT2D eigenvalue weighted by Crippen LogP contribution is -2.38. The fourth-order valence-corrected chi connectivity index (χ4v) is 3.45. The maximum Gasteiger partial charge on any atom is 0.272 e. The molecule has 1 amide bonds. The molecule has 0 spiro atoms. The maximum absolute atomic E-state index is 13.0. The van der Waals surface area contributed by atoms with Crippen molar-refractivity contribution in [3.05, 3.63) is 53.0 Å². The number of hydrogen-bond acceptors (Lipinski definition) is 5. The largest absolute Gasteiger partial charge is 0.378 e. The highest BCUT2D eigenvalue weighted by Crippen LogP contribution is 2.21. The lowest BCUT2D eigenvalue weighted by molar-refractivity contribution is 0.0728. The van der Waals surface area contributed by atoms with Gasteiger partial charge in [0.1, 0.15) is 17.3 Å². The molecule has 3 heterocycles. The molecule has 1 aromatic carbocycles. The van der Waals surface area contributed by atoms with Gasteiger partial charge in [0, 0.05) is 32.2 Å². The number of amides is 1. The minimum absolute atomic E-state index is 0.0190. The number of nitrogens with zero attached hydrogens (tertiary/aromatic N) is 4. The van der Waals surface area contributed by atoms with Gasteiger partial charge in [-0.15, -0.1) is 0 Å². The molecule has 6 heteroatoms. The van der Waals surface area contributed by atoms with Gasteiger partial charge in [0.25, 0.3) is 5.91 Å². The van der Waals surface area contributed by atoms with Crippen molar-refractivity contribution in [2.45, 2.75) is 19.9 Å². The van der Waals surface area contributed by atoms with Gasteiger partial charge in [-0.2, -0.15) is 0 Å². The van der Waals surface area contributed by atoms with Gasteiger partial charge < -0.3 is 14.5 Å². The predicted octanol–water partition coefficient (Wildman–Crippen LogP) is 1.82. The van der Waals surface area contributed by atoms with Crippen LogP contribution in [0.1, 0.15) is 27.4 Å². The Bertz CT molecular complexity index is 787. The first-order valence-corrected chi connectivity index (χ1v) is 8.75. The third-order valence-electron chi connectivity index (χ3n) is 4.80. The van der Waals surface area contributed by atoms with Crippen molar-refractivity contribution >= 4 is 11.7 Å². The van der Waals surface area contributed by atoms with Crippen LogP contribution in [-0.2, 0) is 17.7 Å². The number of anilines is 1. The summed E-state index contributed by atoms with van der Waals surface area (Å²) in [4.78, 5) is 25.9. The summed E-state index contributed by atoms with van der Waals surface area (Å²) in [5.41, 5.74) is 3.04. The molecule has 0 unspecified atom stereocenters. The van der Waals surface area contributed by atoms with E-state index in [1.807, 2.05) is 24.0 Å². The van der Waals surface area contributed by atoms with Crippen molar-refractivity contribution in [3.8, 4) is 0 Å². The van der Waals surface area contributed by atoms with Crippen molar-refractivity contribution in [2.24, 2.45) is 0 Å². The average Bonchev–Trinajstić information content (AvgIpc) is 2.67. The van der Waals surface area contributed by atoms with Crippen LogP contribution in [0.2, 0.25) is 0 Å². The maximum atomic E-state index is 13.0. The third-order valence-corrected chi connectivity index (χ3v) is 4.80. The number of aromatic nitrogens is 2.